The first-order valence-corrected chi connectivity index (χ1v) is 5.37. The van der Waals surface area contributed by atoms with Gasteiger partial charge in [0.25, 0.3) is 0 Å². The Hall–Kier alpha value is -0.330. The highest BCUT2D eigenvalue weighted by atomic mass is 16.1. The average Bonchev–Trinajstić information content (AvgIpc) is 2.35. The molecule has 0 aromatic heterocycles. The van der Waals surface area contributed by atoms with Gasteiger partial charge in [-0.1, -0.05) is 27.7 Å². The van der Waals surface area contributed by atoms with Gasteiger partial charge >= 0.3 is 0 Å². The van der Waals surface area contributed by atoms with Gasteiger partial charge in [-0.25, -0.2) is 0 Å². The van der Waals surface area contributed by atoms with Crippen LogP contribution in [0.5, 0.6) is 0 Å². The van der Waals surface area contributed by atoms with E-state index in [-0.39, 0.29) is 0 Å². The molecule has 1 heteroatoms. The van der Waals surface area contributed by atoms with Gasteiger partial charge in [-0.2, -0.15) is 0 Å². The fourth-order valence-corrected chi connectivity index (χ4v) is 3.75. The van der Waals surface area contributed by atoms with Crippen molar-refractivity contribution in [2.24, 2.45) is 16.2 Å². The Morgan fingerprint density at radius 3 is 1.62 bits per heavy atom. The van der Waals surface area contributed by atoms with E-state index in [1.807, 2.05) is 0 Å². The van der Waals surface area contributed by atoms with E-state index >= 15 is 0 Å². The summed E-state index contributed by atoms with van der Waals surface area (Å²) in [7, 11) is 0. The van der Waals surface area contributed by atoms with Gasteiger partial charge in [-0.15, -0.1) is 0 Å². The van der Waals surface area contributed by atoms with E-state index in [4.69, 9.17) is 0 Å². The van der Waals surface area contributed by atoms with Crippen molar-refractivity contribution in [3.8, 4) is 0 Å². The molecule has 0 radical (unpaired) electrons. The molecule has 0 N–H and O–H groups in total. The van der Waals surface area contributed by atoms with Crippen molar-refractivity contribution < 1.29 is 4.79 Å². The molecule has 0 unspecified atom stereocenters. The Balaban J connectivity index is 2.22. The molecular formula is C12H20O. The van der Waals surface area contributed by atoms with Crippen LogP contribution in [0.2, 0.25) is 0 Å². The zero-order valence-electron chi connectivity index (χ0n) is 9.24. The van der Waals surface area contributed by atoms with E-state index in [9.17, 15) is 4.79 Å². The highest BCUT2D eigenvalue weighted by molar-refractivity contribution is 5.79. The van der Waals surface area contributed by atoms with E-state index in [2.05, 4.69) is 27.7 Å². The van der Waals surface area contributed by atoms with Crippen LogP contribution in [0.4, 0.5) is 0 Å². The molecule has 1 nitrogen and oxygen atoms in total. The van der Waals surface area contributed by atoms with E-state index in [0.717, 1.165) is 25.7 Å². The minimum absolute atomic E-state index is 0.445. The van der Waals surface area contributed by atoms with Crippen molar-refractivity contribution in [1.29, 1.82) is 0 Å². The second kappa shape index (κ2) is 2.18. The summed E-state index contributed by atoms with van der Waals surface area (Å²) >= 11 is 0. The van der Waals surface area contributed by atoms with Crippen molar-refractivity contribution in [3.05, 3.63) is 0 Å². The Morgan fingerprint density at radius 2 is 1.31 bits per heavy atom. The van der Waals surface area contributed by atoms with Gasteiger partial charge < -0.3 is 0 Å². The van der Waals surface area contributed by atoms with E-state index in [1.54, 1.807) is 0 Å². The zero-order chi connectivity index (χ0) is 9.91. The SMILES string of the molecule is CC1(C)C(C)(C)C12CCC(=O)CC2. The van der Waals surface area contributed by atoms with Crippen LogP contribution in [0.15, 0.2) is 0 Å². The van der Waals surface area contributed by atoms with Crippen molar-refractivity contribution in [1.82, 2.24) is 0 Å². The first kappa shape index (κ1) is 9.23. The maximum atomic E-state index is 11.2. The first-order valence-electron chi connectivity index (χ1n) is 5.37. The van der Waals surface area contributed by atoms with Crippen LogP contribution < -0.4 is 0 Å². The number of carbonyl (C=O) groups excluding carboxylic acids is 1. The molecular weight excluding hydrogens is 160 g/mol. The Bertz CT molecular complexity index is 234. The van der Waals surface area contributed by atoms with Gasteiger partial charge in [0.15, 0.2) is 0 Å². The molecule has 0 atom stereocenters. The predicted molar refractivity (Wildman–Crippen MR) is 53.5 cm³/mol. The minimum Gasteiger partial charge on any atom is -0.300 e. The molecule has 2 saturated carbocycles. The van der Waals surface area contributed by atoms with E-state index in [0.29, 0.717) is 22.0 Å². The summed E-state index contributed by atoms with van der Waals surface area (Å²) in [6.45, 7) is 9.46. The molecule has 74 valence electrons. The van der Waals surface area contributed by atoms with Crippen LogP contribution in [0.1, 0.15) is 53.4 Å². The fourth-order valence-electron chi connectivity index (χ4n) is 3.75. The normalized spacial score (nSPS) is 33.4. The summed E-state index contributed by atoms with van der Waals surface area (Å²) in [5.41, 5.74) is 1.37. The minimum atomic E-state index is 0.445. The number of hydrogen-bond acceptors (Lipinski definition) is 1. The van der Waals surface area contributed by atoms with Gasteiger partial charge in [0.2, 0.25) is 0 Å². The summed E-state index contributed by atoms with van der Waals surface area (Å²) in [5, 5.41) is 0. The quantitative estimate of drug-likeness (QED) is 0.559. The highest BCUT2D eigenvalue weighted by Crippen LogP contribution is 2.82. The molecule has 0 heterocycles. The Labute approximate surface area is 80.9 Å². The lowest BCUT2D eigenvalue weighted by Crippen LogP contribution is -2.20. The summed E-state index contributed by atoms with van der Waals surface area (Å²) in [6, 6.07) is 0. The molecule has 13 heavy (non-hydrogen) atoms. The van der Waals surface area contributed by atoms with Crippen LogP contribution in [-0.2, 0) is 4.79 Å². The lowest BCUT2D eigenvalue weighted by Gasteiger charge is -2.25. The zero-order valence-corrected chi connectivity index (χ0v) is 9.24. The maximum Gasteiger partial charge on any atom is 0.132 e. The Kier molecular flexibility index (Phi) is 1.55. The van der Waals surface area contributed by atoms with Gasteiger partial charge in [0, 0.05) is 12.8 Å². The maximum absolute atomic E-state index is 11.2. The van der Waals surface area contributed by atoms with Gasteiger partial charge in [-0.05, 0) is 29.1 Å². The molecule has 2 rings (SSSR count). The average molecular weight is 180 g/mol. The lowest BCUT2D eigenvalue weighted by molar-refractivity contribution is -0.121. The third kappa shape index (κ3) is 0.812. The molecule has 2 fully saturated rings. The molecule has 0 bridgehead atoms. The molecule has 0 aliphatic heterocycles. The second-order valence-electron chi connectivity index (χ2n) is 5.87. The van der Waals surface area contributed by atoms with Crippen molar-refractivity contribution in [3.63, 3.8) is 0 Å². The van der Waals surface area contributed by atoms with Crippen LogP contribution in [-0.4, -0.2) is 5.78 Å². The second-order valence-corrected chi connectivity index (χ2v) is 5.87. The largest absolute Gasteiger partial charge is 0.300 e. The molecule has 0 aromatic rings. The summed E-state index contributed by atoms with van der Waals surface area (Å²) in [5.74, 6) is 0.476. The van der Waals surface area contributed by atoms with Crippen LogP contribution in [0.25, 0.3) is 0 Å². The molecule has 0 amide bonds. The molecule has 0 saturated heterocycles. The van der Waals surface area contributed by atoms with E-state index < -0.39 is 0 Å². The monoisotopic (exact) mass is 180 g/mol. The molecule has 2 aliphatic carbocycles. The van der Waals surface area contributed by atoms with Crippen molar-refractivity contribution in [2.75, 3.05) is 0 Å². The first-order chi connectivity index (χ1) is 5.85. The summed E-state index contributed by atoms with van der Waals surface area (Å²) in [4.78, 5) is 11.2. The van der Waals surface area contributed by atoms with Crippen molar-refractivity contribution >= 4 is 5.78 Å². The number of hydrogen-bond donors (Lipinski definition) is 0. The van der Waals surface area contributed by atoms with Crippen molar-refractivity contribution in [2.45, 2.75) is 53.4 Å². The van der Waals surface area contributed by atoms with Crippen LogP contribution in [0.3, 0.4) is 0 Å². The lowest BCUT2D eigenvalue weighted by atomic mass is 9.78. The summed E-state index contributed by atoms with van der Waals surface area (Å²) < 4.78 is 0. The number of Topliss-reactive ketones (excluding diaryl/α,β-unsaturated/α-hetero) is 1. The smallest absolute Gasteiger partial charge is 0.132 e. The molecule has 2 aliphatic rings. The fraction of sp³-hybridized carbons (Fsp3) is 0.917. The Morgan fingerprint density at radius 1 is 0.923 bits per heavy atom. The number of rotatable bonds is 0. The third-order valence-electron chi connectivity index (χ3n) is 5.55. The van der Waals surface area contributed by atoms with Gasteiger partial charge in [-0.3, -0.25) is 4.79 Å². The predicted octanol–water partition coefficient (Wildman–Crippen LogP) is 3.18. The number of carbonyl (C=O) groups is 1. The molecule has 0 aromatic carbocycles. The third-order valence-corrected chi connectivity index (χ3v) is 5.55. The van der Waals surface area contributed by atoms with Crippen LogP contribution in [0, 0.1) is 16.2 Å². The summed E-state index contributed by atoms with van der Waals surface area (Å²) in [6.07, 6.45) is 3.91. The van der Waals surface area contributed by atoms with Crippen LogP contribution >= 0.6 is 0 Å². The van der Waals surface area contributed by atoms with Gasteiger partial charge in [0.05, 0.1) is 0 Å². The number of ketones is 1. The standard InChI is InChI=1S/C12H20O/c1-10(2)11(3,4)12(10)7-5-9(13)6-8-12/h5-8H2,1-4H3. The van der Waals surface area contributed by atoms with E-state index in [1.165, 1.54) is 0 Å². The molecule has 1 spiro atoms. The highest BCUT2D eigenvalue weighted by Gasteiger charge is 2.75. The van der Waals surface area contributed by atoms with Gasteiger partial charge in [0.1, 0.15) is 5.78 Å². The topological polar surface area (TPSA) is 17.1 Å².